The van der Waals surface area contributed by atoms with E-state index in [1.165, 1.54) is 19.3 Å². The number of allylic oxidation sites excluding steroid dienone is 1. The molecule has 11 nitrogen and oxygen atoms in total. The highest BCUT2D eigenvalue weighted by atomic mass is 28.4. The standard InChI is InChI=1S/C24H38O11Si/c1-14(35-36(9,10)24(6,7)8)11-12-29-23-22(33-18(5)28)21(32-17(4)27)20(31-16(3)26)19(34-23)13-30-15(2)25/h11-12,19-23H,1,13H2,2-10H3/b12-11+/t19-,20-,21+,22-,23-/m1/s1. The summed E-state index contributed by atoms with van der Waals surface area (Å²) in [6, 6.07) is 0. The molecule has 0 unspecified atom stereocenters. The molecular formula is C24H38O11Si. The first-order valence-corrected chi connectivity index (χ1v) is 14.4. The lowest BCUT2D eigenvalue weighted by molar-refractivity contribution is -0.297. The molecular weight excluding hydrogens is 492 g/mol. The van der Waals surface area contributed by atoms with Crippen LogP contribution in [-0.2, 0) is 52.0 Å². The summed E-state index contributed by atoms with van der Waals surface area (Å²) in [5.41, 5.74) is 0. The second-order valence-electron chi connectivity index (χ2n) is 9.84. The van der Waals surface area contributed by atoms with Gasteiger partial charge in [-0.2, -0.15) is 0 Å². The molecule has 1 fully saturated rings. The topological polar surface area (TPSA) is 133 Å². The number of hydrogen-bond acceptors (Lipinski definition) is 11. The van der Waals surface area contributed by atoms with Gasteiger partial charge in [0.05, 0.1) is 12.0 Å². The first-order valence-electron chi connectivity index (χ1n) is 11.4. The fourth-order valence-corrected chi connectivity index (χ4v) is 4.04. The van der Waals surface area contributed by atoms with E-state index in [-0.39, 0.29) is 11.6 Å². The van der Waals surface area contributed by atoms with Crippen LogP contribution in [0.2, 0.25) is 18.1 Å². The summed E-state index contributed by atoms with van der Waals surface area (Å²) in [5, 5.41) is -0.0511. The minimum absolute atomic E-state index is 0.0511. The third-order valence-corrected chi connectivity index (χ3v) is 9.99. The van der Waals surface area contributed by atoms with Gasteiger partial charge < -0.3 is 32.8 Å². The molecule has 0 bridgehead atoms. The van der Waals surface area contributed by atoms with Gasteiger partial charge in [-0.1, -0.05) is 27.4 Å². The van der Waals surface area contributed by atoms with Crippen LogP contribution in [0.4, 0.5) is 0 Å². The zero-order chi connectivity index (χ0) is 27.8. The molecule has 0 aliphatic carbocycles. The van der Waals surface area contributed by atoms with Gasteiger partial charge in [-0.25, -0.2) is 0 Å². The van der Waals surface area contributed by atoms with Crippen molar-refractivity contribution < 1.29 is 52.0 Å². The van der Waals surface area contributed by atoms with E-state index in [0.29, 0.717) is 5.76 Å². The fraction of sp³-hybridized carbons (Fsp3) is 0.667. The highest BCUT2D eigenvalue weighted by Crippen LogP contribution is 2.38. The van der Waals surface area contributed by atoms with Crippen molar-refractivity contribution in [3.63, 3.8) is 0 Å². The Balaban J connectivity index is 3.24. The Labute approximate surface area is 213 Å². The minimum Gasteiger partial charge on any atom is -0.544 e. The lowest BCUT2D eigenvalue weighted by atomic mass is 9.98. The second-order valence-corrected chi connectivity index (χ2v) is 14.6. The fourth-order valence-electron chi connectivity index (χ4n) is 3.01. The van der Waals surface area contributed by atoms with Crippen molar-refractivity contribution in [2.24, 2.45) is 0 Å². The summed E-state index contributed by atoms with van der Waals surface area (Å²) in [5.74, 6) is -2.42. The Morgan fingerprint density at radius 1 is 0.861 bits per heavy atom. The number of carbonyl (C=O) groups excluding carboxylic acids is 4. The summed E-state index contributed by atoms with van der Waals surface area (Å²) in [6.07, 6.45) is -3.57. The number of carbonyl (C=O) groups is 4. The average molecular weight is 531 g/mol. The highest BCUT2D eigenvalue weighted by Gasteiger charge is 2.53. The van der Waals surface area contributed by atoms with E-state index in [9.17, 15) is 19.2 Å². The number of ether oxygens (including phenoxy) is 6. The van der Waals surface area contributed by atoms with Crippen molar-refractivity contribution in [1.82, 2.24) is 0 Å². The van der Waals surface area contributed by atoms with Gasteiger partial charge in [0.1, 0.15) is 12.7 Å². The first-order chi connectivity index (χ1) is 16.4. The summed E-state index contributed by atoms with van der Waals surface area (Å²) in [7, 11) is -2.14. The van der Waals surface area contributed by atoms with Crippen LogP contribution in [0.25, 0.3) is 0 Å². The second kappa shape index (κ2) is 12.9. The van der Waals surface area contributed by atoms with Gasteiger partial charge in [0.2, 0.25) is 20.7 Å². The van der Waals surface area contributed by atoms with Crippen LogP contribution in [0, 0.1) is 0 Å². The van der Waals surface area contributed by atoms with E-state index >= 15 is 0 Å². The van der Waals surface area contributed by atoms with Crippen molar-refractivity contribution in [3.8, 4) is 0 Å². The largest absolute Gasteiger partial charge is 0.544 e. The van der Waals surface area contributed by atoms with E-state index in [2.05, 4.69) is 40.4 Å². The van der Waals surface area contributed by atoms with E-state index < -0.39 is 62.9 Å². The number of rotatable bonds is 10. The van der Waals surface area contributed by atoms with Crippen LogP contribution in [-0.4, -0.2) is 69.5 Å². The molecule has 12 heteroatoms. The minimum atomic E-state index is -2.14. The average Bonchev–Trinajstić information content (AvgIpc) is 2.68. The van der Waals surface area contributed by atoms with Gasteiger partial charge in [0.25, 0.3) is 0 Å². The third-order valence-electron chi connectivity index (χ3n) is 5.61. The summed E-state index contributed by atoms with van der Waals surface area (Å²) < 4.78 is 38.7. The van der Waals surface area contributed by atoms with E-state index in [1.807, 2.05) is 0 Å². The zero-order valence-electron chi connectivity index (χ0n) is 22.4. The molecule has 1 rings (SSSR count). The molecule has 0 spiro atoms. The monoisotopic (exact) mass is 530 g/mol. The smallest absolute Gasteiger partial charge is 0.303 e. The van der Waals surface area contributed by atoms with Gasteiger partial charge in [0.15, 0.2) is 12.2 Å². The first kappa shape index (κ1) is 31.2. The highest BCUT2D eigenvalue weighted by molar-refractivity contribution is 6.74. The van der Waals surface area contributed by atoms with Crippen LogP contribution in [0.5, 0.6) is 0 Å². The van der Waals surface area contributed by atoms with Gasteiger partial charge in [-0.3, -0.25) is 19.2 Å². The maximum absolute atomic E-state index is 11.9. The molecule has 0 aromatic rings. The molecule has 5 atom stereocenters. The van der Waals surface area contributed by atoms with Crippen LogP contribution < -0.4 is 0 Å². The molecule has 0 saturated carbocycles. The van der Waals surface area contributed by atoms with E-state index in [4.69, 9.17) is 32.8 Å². The molecule has 1 saturated heterocycles. The predicted octanol–water partition coefficient (Wildman–Crippen LogP) is 3.14. The Morgan fingerprint density at radius 3 is 1.83 bits per heavy atom. The van der Waals surface area contributed by atoms with Crippen LogP contribution >= 0.6 is 0 Å². The molecule has 1 heterocycles. The normalized spacial score (nSPS) is 24.4. The number of esters is 4. The number of hydrogen-bond donors (Lipinski definition) is 0. The van der Waals surface area contributed by atoms with Crippen molar-refractivity contribution in [1.29, 1.82) is 0 Å². The lowest BCUT2D eigenvalue weighted by Crippen LogP contribution is -2.62. The molecule has 204 valence electrons. The summed E-state index contributed by atoms with van der Waals surface area (Å²) >= 11 is 0. The Morgan fingerprint density at radius 2 is 1.36 bits per heavy atom. The molecule has 0 aromatic carbocycles. The maximum atomic E-state index is 11.9. The quantitative estimate of drug-likeness (QED) is 0.136. The zero-order valence-corrected chi connectivity index (χ0v) is 23.4. The SMILES string of the molecule is C=C(/C=C/O[C@@H]1O[C@H](COC(C)=O)[C@@H](OC(C)=O)[C@H](OC(C)=O)[C@H]1OC(C)=O)O[Si](C)(C)C(C)(C)C. The predicted molar refractivity (Wildman–Crippen MR) is 130 cm³/mol. The maximum Gasteiger partial charge on any atom is 0.303 e. The van der Waals surface area contributed by atoms with Crippen molar-refractivity contribution in [3.05, 3.63) is 24.7 Å². The van der Waals surface area contributed by atoms with Crippen molar-refractivity contribution >= 4 is 32.2 Å². The van der Waals surface area contributed by atoms with Crippen LogP contribution in [0.1, 0.15) is 48.5 Å². The Kier molecular flexibility index (Phi) is 11.2. The Hall–Kier alpha value is -2.86. The molecule has 1 aliphatic rings. The van der Waals surface area contributed by atoms with E-state index in [0.717, 1.165) is 20.8 Å². The van der Waals surface area contributed by atoms with Gasteiger partial charge in [-0.05, 0) is 18.1 Å². The summed E-state index contributed by atoms with van der Waals surface area (Å²) in [6.45, 7) is 18.6. The van der Waals surface area contributed by atoms with Gasteiger partial charge in [0, 0.05) is 33.8 Å². The molecule has 36 heavy (non-hydrogen) atoms. The van der Waals surface area contributed by atoms with E-state index in [1.54, 1.807) is 0 Å². The van der Waals surface area contributed by atoms with Gasteiger partial charge in [-0.15, -0.1) is 0 Å². The molecule has 0 radical (unpaired) electrons. The van der Waals surface area contributed by atoms with Crippen LogP contribution in [0.15, 0.2) is 24.7 Å². The molecule has 0 aromatic heterocycles. The van der Waals surface area contributed by atoms with Crippen molar-refractivity contribution in [2.75, 3.05) is 6.61 Å². The lowest BCUT2D eigenvalue weighted by Gasteiger charge is -2.43. The molecule has 0 amide bonds. The van der Waals surface area contributed by atoms with Crippen LogP contribution in [0.3, 0.4) is 0 Å². The Bertz CT molecular complexity index is 859. The molecule has 0 N–H and O–H groups in total. The third kappa shape index (κ3) is 9.65. The van der Waals surface area contributed by atoms with Crippen molar-refractivity contribution in [2.45, 2.75) is 97.3 Å². The molecule has 1 aliphatic heterocycles. The summed E-state index contributed by atoms with van der Waals surface area (Å²) in [4.78, 5) is 46.9. The van der Waals surface area contributed by atoms with Gasteiger partial charge >= 0.3 is 23.9 Å².